The summed E-state index contributed by atoms with van der Waals surface area (Å²) in [5.74, 6) is 1.20. The molecule has 0 saturated carbocycles. The first-order valence-electron chi connectivity index (χ1n) is 16.1. The Balaban J connectivity index is 1.33. The summed E-state index contributed by atoms with van der Waals surface area (Å²) in [7, 11) is 1.72. The molecule has 0 bridgehead atoms. The van der Waals surface area contributed by atoms with Crippen molar-refractivity contribution in [1.29, 1.82) is 0 Å². The SMILES string of the molecule is COCCCn1c([C@@H]2CCCN(C(=O)C[C@@H](Cc3cccc(-c4ccccc4)c3)NC(=O)OC(C)(C)C)C2)nc2ccccc21. The minimum atomic E-state index is -0.638. The van der Waals surface area contributed by atoms with E-state index in [0.717, 1.165) is 59.4 Å². The first-order chi connectivity index (χ1) is 21.7. The van der Waals surface area contributed by atoms with Crippen molar-refractivity contribution in [1.82, 2.24) is 19.8 Å². The average molecular weight is 611 g/mol. The van der Waals surface area contributed by atoms with Crippen LogP contribution in [0.15, 0.2) is 78.9 Å². The number of aryl methyl sites for hydroxylation is 1. The van der Waals surface area contributed by atoms with Crippen molar-refractivity contribution >= 4 is 23.0 Å². The van der Waals surface area contributed by atoms with Crippen LogP contribution < -0.4 is 5.32 Å². The zero-order valence-corrected chi connectivity index (χ0v) is 27.0. The number of amides is 2. The van der Waals surface area contributed by atoms with Gasteiger partial charge < -0.3 is 24.3 Å². The second-order valence-electron chi connectivity index (χ2n) is 13.0. The van der Waals surface area contributed by atoms with Crippen LogP contribution in [0, 0.1) is 0 Å². The van der Waals surface area contributed by atoms with E-state index < -0.39 is 17.7 Å². The maximum Gasteiger partial charge on any atom is 0.407 e. The van der Waals surface area contributed by atoms with E-state index in [1.165, 1.54) is 0 Å². The molecule has 0 spiro atoms. The molecule has 0 unspecified atom stereocenters. The van der Waals surface area contributed by atoms with E-state index in [2.05, 4.69) is 46.3 Å². The highest BCUT2D eigenvalue weighted by atomic mass is 16.6. The Labute approximate surface area is 266 Å². The molecule has 3 aromatic carbocycles. The number of rotatable bonds is 11. The molecule has 8 nitrogen and oxygen atoms in total. The van der Waals surface area contributed by atoms with E-state index in [-0.39, 0.29) is 18.2 Å². The molecule has 238 valence electrons. The number of methoxy groups -OCH3 is 1. The molecule has 5 rings (SSSR count). The number of fused-ring (bicyclic) bond motifs is 1. The van der Waals surface area contributed by atoms with Crippen molar-refractivity contribution in [3.05, 3.63) is 90.3 Å². The maximum atomic E-state index is 13.9. The van der Waals surface area contributed by atoms with Crippen molar-refractivity contribution in [2.24, 2.45) is 0 Å². The number of benzene rings is 3. The summed E-state index contributed by atoms with van der Waals surface area (Å²) >= 11 is 0. The molecule has 1 fully saturated rings. The van der Waals surface area contributed by atoms with Crippen LogP contribution in [0.4, 0.5) is 4.79 Å². The predicted octanol–water partition coefficient (Wildman–Crippen LogP) is 6.97. The zero-order valence-electron chi connectivity index (χ0n) is 27.0. The van der Waals surface area contributed by atoms with Crippen molar-refractivity contribution < 1.29 is 19.1 Å². The summed E-state index contributed by atoms with van der Waals surface area (Å²) in [6.45, 7) is 8.32. The van der Waals surface area contributed by atoms with E-state index in [4.69, 9.17) is 14.5 Å². The minimum Gasteiger partial charge on any atom is -0.444 e. The van der Waals surface area contributed by atoms with Crippen molar-refractivity contribution in [3.8, 4) is 11.1 Å². The largest absolute Gasteiger partial charge is 0.444 e. The molecule has 1 aromatic heterocycles. The molecule has 2 heterocycles. The summed E-state index contributed by atoms with van der Waals surface area (Å²) < 4.78 is 13.2. The zero-order chi connectivity index (χ0) is 31.8. The Kier molecular flexibility index (Phi) is 10.6. The van der Waals surface area contributed by atoms with Crippen LogP contribution in [0.1, 0.15) is 63.8 Å². The summed E-state index contributed by atoms with van der Waals surface area (Å²) in [6, 6.07) is 26.3. The average Bonchev–Trinajstić information content (AvgIpc) is 3.39. The summed E-state index contributed by atoms with van der Waals surface area (Å²) in [5.41, 5.74) is 4.73. The lowest BCUT2D eigenvalue weighted by Crippen LogP contribution is -2.46. The number of aromatic nitrogens is 2. The normalized spacial score (nSPS) is 16.0. The summed E-state index contributed by atoms with van der Waals surface area (Å²) in [5, 5.41) is 3.01. The number of carbonyl (C=O) groups excluding carboxylic acids is 2. The Morgan fingerprint density at radius 1 is 1.00 bits per heavy atom. The molecule has 1 aliphatic heterocycles. The van der Waals surface area contributed by atoms with Gasteiger partial charge in [-0.1, -0.05) is 66.7 Å². The molecule has 8 heteroatoms. The van der Waals surface area contributed by atoms with E-state index >= 15 is 0 Å². The fourth-order valence-corrected chi connectivity index (χ4v) is 6.20. The molecular formula is C37H46N4O4. The predicted molar refractivity (Wildman–Crippen MR) is 178 cm³/mol. The highest BCUT2D eigenvalue weighted by Gasteiger charge is 2.30. The third kappa shape index (κ3) is 8.72. The monoisotopic (exact) mass is 610 g/mol. The number of piperidine rings is 1. The fourth-order valence-electron chi connectivity index (χ4n) is 6.20. The lowest BCUT2D eigenvalue weighted by Gasteiger charge is -2.34. The second kappa shape index (κ2) is 14.7. The van der Waals surface area contributed by atoms with E-state index in [1.54, 1.807) is 7.11 Å². The van der Waals surface area contributed by atoms with E-state index in [0.29, 0.717) is 26.1 Å². The van der Waals surface area contributed by atoms with Gasteiger partial charge in [0, 0.05) is 51.7 Å². The first-order valence-corrected chi connectivity index (χ1v) is 16.1. The lowest BCUT2D eigenvalue weighted by atomic mass is 9.95. The Bertz CT molecular complexity index is 1580. The number of ether oxygens (including phenoxy) is 2. The quantitative estimate of drug-likeness (QED) is 0.185. The van der Waals surface area contributed by atoms with E-state index in [9.17, 15) is 9.59 Å². The number of hydrogen-bond donors (Lipinski definition) is 1. The molecule has 2 amide bonds. The van der Waals surface area contributed by atoms with Gasteiger partial charge in [0.15, 0.2) is 0 Å². The van der Waals surface area contributed by atoms with Crippen LogP contribution in [-0.2, 0) is 27.2 Å². The van der Waals surface area contributed by atoms with Gasteiger partial charge in [-0.2, -0.15) is 0 Å². The van der Waals surface area contributed by atoms with E-state index in [1.807, 2.05) is 68.1 Å². The third-order valence-corrected chi connectivity index (χ3v) is 8.21. The Hall–Kier alpha value is -4.17. The number of carbonyl (C=O) groups is 2. The number of nitrogens with one attached hydrogen (secondary N) is 1. The number of nitrogens with zero attached hydrogens (tertiary/aromatic N) is 3. The molecule has 2 atom stereocenters. The fraction of sp³-hybridized carbons (Fsp3) is 0.432. The summed E-state index contributed by atoms with van der Waals surface area (Å²) in [4.78, 5) is 33.8. The van der Waals surface area contributed by atoms with Gasteiger partial charge in [0.1, 0.15) is 11.4 Å². The highest BCUT2D eigenvalue weighted by molar-refractivity contribution is 5.79. The topological polar surface area (TPSA) is 85.7 Å². The molecule has 1 N–H and O–H groups in total. The molecule has 45 heavy (non-hydrogen) atoms. The Morgan fingerprint density at radius 2 is 1.76 bits per heavy atom. The number of hydrogen-bond acceptors (Lipinski definition) is 5. The van der Waals surface area contributed by atoms with Crippen LogP contribution in [0.5, 0.6) is 0 Å². The highest BCUT2D eigenvalue weighted by Crippen LogP contribution is 2.30. The molecule has 1 saturated heterocycles. The van der Waals surface area contributed by atoms with Crippen LogP contribution in [0.25, 0.3) is 22.2 Å². The molecule has 1 aliphatic rings. The molecule has 0 aliphatic carbocycles. The van der Waals surface area contributed by atoms with Gasteiger partial charge in [-0.25, -0.2) is 9.78 Å². The van der Waals surface area contributed by atoms with Crippen LogP contribution in [-0.4, -0.2) is 64.9 Å². The van der Waals surface area contributed by atoms with Crippen molar-refractivity contribution in [2.45, 2.75) is 77.0 Å². The molecule has 4 aromatic rings. The molecular weight excluding hydrogens is 564 g/mol. The molecule has 0 radical (unpaired) electrons. The number of likely N-dealkylation sites (tertiary alicyclic amines) is 1. The van der Waals surface area contributed by atoms with Crippen LogP contribution in [0.2, 0.25) is 0 Å². The number of alkyl carbamates (subject to hydrolysis) is 1. The van der Waals surface area contributed by atoms with Gasteiger partial charge in [-0.15, -0.1) is 0 Å². The first kappa shape index (κ1) is 32.2. The third-order valence-electron chi connectivity index (χ3n) is 8.21. The minimum absolute atomic E-state index is 0.0296. The number of imidazole rings is 1. The maximum absolute atomic E-state index is 13.9. The van der Waals surface area contributed by atoms with Gasteiger partial charge in [0.05, 0.1) is 11.0 Å². The van der Waals surface area contributed by atoms with Gasteiger partial charge >= 0.3 is 6.09 Å². The lowest BCUT2D eigenvalue weighted by molar-refractivity contribution is -0.132. The van der Waals surface area contributed by atoms with Gasteiger partial charge in [-0.3, -0.25) is 4.79 Å². The van der Waals surface area contributed by atoms with Crippen LogP contribution >= 0.6 is 0 Å². The smallest absolute Gasteiger partial charge is 0.407 e. The summed E-state index contributed by atoms with van der Waals surface area (Å²) in [6.07, 6.45) is 2.96. The van der Waals surface area contributed by atoms with Gasteiger partial charge in [0.2, 0.25) is 5.91 Å². The van der Waals surface area contributed by atoms with Gasteiger partial charge in [0.25, 0.3) is 0 Å². The second-order valence-corrected chi connectivity index (χ2v) is 13.0. The number of para-hydroxylation sites is 2. The Morgan fingerprint density at radius 3 is 2.53 bits per heavy atom. The van der Waals surface area contributed by atoms with Crippen molar-refractivity contribution in [3.63, 3.8) is 0 Å². The standard InChI is InChI=1S/C37H46N4O4/c1-37(2,3)45-36(43)38-31(24-27-13-10-16-29(23-27)28-14-6-5-7-15-28)25-34(42)40-20-11-17-30(26-40)35-39-32-18-8-9-19-33(32)41(35)21-12-22-44-4/h5-10,13-16,18-19,23,30-31H,11-12,17,20-22,24-26H2,1-4H3,(H,38,43)/t30-,31-/m1/s1. The van der Waals surface area contributed by atoms with Crippen LogP contribution in [0.3, 0.4) is 0 Å². The van der Waals surface area contributed by atoms with Crippen molar-refractivity contribution in [2.75, 3.05) is 26.8 Å². The van der Waals surface area contributed by atoms with Gasteiger partial charge in [-0.05, 0) is 75.3 Å².